The van der Waals surface area contributed by atoms with Crippen LogP contribution < -0.4 is 0 Å². The van der Waals surface area contributed by atoms with Gasteiger partial charge in [-0.15, -0.1) is 0 Å². The first-order valence-corrected chi connectivity index (χ1v) is 9.64. The van der Waals surface area contributed by atoms with Crippen LogP contribution in [0.15, 0.2) is 48.7 Å². The summed E-state index contributed by atoms with van der Waals surface area (Å²) >= 11 is 0. The van der Waals surface area contributed by atoms with Crippen molar-refractivity contribution in [1.29, 1.82) is 0 Å². The van der Waals surface area contributed by atoms with E-state index < -0.39 is 0 Å². The SMILES string of the molecule is CCN(CC)C1CCc2cc(-n3ccc4cccc(C)c43)ccc2C1. The molecule has 130 valence electrons. The summed E-state index contributed by atoms with van der Waals surface area (Å²) in [5, 5.41) is 1.32. The molecule has 0 saturated carbocycles. The van der Waals surface area contributed by atoms with Gasteiger partial charge in [0, 0.05) is 23.3 Å². The van der Waals surface area contributed by atoms with Crippen molar-refractivity contribution in [2.75, 3.05) is 13.1 Å². The normalized spacial score (nSPS) is 17.2. The van der Waals surface area contributed by atoms with Crippen molar-refractivity contribution in [2.45, 2.75) is 46.1 Å². The average Bonchev–Trinajstić information content (AvgIpc) is 3.08. The Labute approximate surface area is 151 Å². The van der Waals surface area contributed by atoms with Crippen molar-refractivity contribution in [3.8, 4) is 5.69 Å². The van der Waals surface area contributed by atoms with Gasteiger partial charge < -0.3 is 9.47 Å². The van der Waals surface area contributed by atoms with Gasteiger partial charge in [-0.1, -0.05) is 38.1 Å². The molecule has 0 aliphatic heterocycles. The first-order valence-electron chi connectivity index (χ1n) is 9.64. The highest BCUT2D eigenvalue weighted by Crippen LogP contribution is 2.29. The largest absolute Gasteiger partial charge is 0.316 e. The Balaban J connectivity index is 1.68. The lowest BCUT2D eigenvalue weighted by Crippen LogP contribution is -2.39. The van der Waals surface area contributed by atoms with E-state index in [1.165, 1.54) is 47.0 Å². The summed E-state index contributed by atoms with van der Waals surface area (Å²) in [6.45, 7) is 9.07. The molecule has 2 aromatic carbocycles. The lowest BCUT2D eigenvalue weighted by molar-refractivity contribution is 0.199. The first kappa shape index (κ1) is 16.4. The van der Waals surface area contributed by atoms with E-state index in [1.54, 1.807) is 5.56 Å². The molecule has 0 fully saturated rings. The van der Waals surface area contributed by atoms with Gasteiger partial charge in [0.2, 0.25) is 0 Å². The van der Waals surface area contributed by atoms with E-state index in [-0.39, 0.29) is 0 Å². The number of hydrogen-bond donors (Lipinski definition) is 0. The summed E-state index contributed by atoms with van der Waals surface area (Å²) in [6, 6.07) is 16.6. The van der Waals surface area contributed by atoms with Crippen LogP contribution in [0.25, 0.3) is 16.6 Å². The van der Waals surface area contributed by atoms with Crippen LogP contribution in [0.1, 0.15) is 37.0 Å². The van der Waals surface area contributed by atoms with E-state index in [9.17, 15) is 0 Å². The van der Waals surface area contributed by atoms with Gasteiger partial charge in [0.05, 0.1) is 5.52 Å². The van der Waals surface area contributed by atoms with Crippen LogP contribution >= 0.6 is 0 Å². The van der Waals surface area contributed by atoms with E-state index in [4.69, 9.17) is 0 Å². The Morgan fingerprint density at radius 1 is 1.04 bits per heavy atom. The number of aryl methyl sites for hydroxylation is 2. The zero-order valence-electron chi connectivity index (χ0n) is 15.6. The highest BCUT2D eigenvalue weighted by atomic mass is 15.1. The van der Waals surface area contributed by atoms with Gasteiger partial charge in [-0.3, -0.25) is 0 Å². The number of benzene rings is 2. The molecule has 0 N–H and O–H groups in total. The highest BCUT2D eigenvalue weighted by molar-refractivity contribution is 5.85. The van der Waals surface area contributed by atoms with Crippen molar-refractivity contribution < 1.29 is 0 Å². The van der Waals surface area contributed by atoms with Crippen LogP contribution in [0.3, 0.4) is 0 Å². The summed E-state index contributed by atoms with van der Waals surface area (Å²) in [7, 11) is 0. The topological polar surface area (TPSA) is 8.17 Å². The van der Waals surface area contributed by atoms with Crippen molar-refractivity contribution in [3.05, 3.63) is 65.4 Å². The Morgan fingerprint density at radius 3 is 2.68 bits per heavy atom. The maximum absolute atomic E-state index is 2.61. The molecule has 0 bridgehead atoms. The molecular formula is C23H28N2. The molecule has 1 unspecified atom stereocenters. The van der Waals surface area contributed by atoms with Gasteiger partial charge in [0.1, 0.15) is 0 Å². The van der Waals surface area contributed by atoms with Crippen LogP contribution in [0.5, 0.6) is 0 Å². The van der Waals surface area contributed by atoms with E-state index in [2.05, 4.69) is 78.9 Å². The van der Waals surface area contributed by atoms with Crippen molar-refractivity contribution in [3.63, 3.8) is 0 Å². The van der Waals surface area contributed by atoms with Crippen LogP contribution in [-0.2, 0) is 12.8 Å². The minimum Gasteiger partial charge on any atom is -0.316 e. The molecule has 0 saturated heterocycles. The number of rotatable bonds is 4. The number of fused-ring (bicyclic) bond motifs is 2. The summed E-state index contributed by atoms with van der Waals surface area (Å²) < 4.78 is 2.35. The second-order valence-electron chi connectivity index (χ2n) is 7.27. The molecule has 0 spiro atoms. The van der Waals surface area contributed by atoms with E-state index >= 15 is 0 Å². The number of nitrogens with zero attached hydrogens (tertiary/aromatic N) is 2. The van der Waals surface area contributed by atoms with Crippen LogP contribution in [-0.4, -0.2) is 28.6 Å². The average molecular weight is 332 g/mol. The third-order valence-electron chi connectivity index (χ3n) is 5.91. The predicted octanol–water partition coefficient (Wildman–Crippen LogP) is 5.14. The third kappa shape index (κ3) is 2.89. The molecule has 0 radical (unpaired) electrons. The lowest BCUT2D eigenvalue weighted by Gasteiger charge is -2.34. The van der Waals surface area contributed by atoms with Crippen molar-refractivity contribution in [1.82, 2.24) is 9.47 Å². The highest BCUT2D eigenvalue weighted by Gasteiger charge is 2.22. The molecule has 0 amide bonds. The zero-order chi connectivity index (χ0) is 17.4. The van der Waals surface area contributed by atoms with Gasteiger partial charge in [-0.25, -0.2) is 0 Å². The third-order valence-corrected chi connectivity index (χ3v) is 5.91. The molecule has 1 aliphatic carbocycles. The second-order valence-corrected chi connectivity index (χ2v) is 7.27. The fraction of sp³-hybridized carbons (Fsp3) is 0.391. The minimum absolute atomic E-state index is 0.711. The van der Waals surface area contributed by atoms with Crippen LogP contribution in [0, 0.1) is 6.92 Å². The maximum Gasteiger partial charge on any atom is 0.0557 e. The quantitative estimate of drug-likeness (QED) is 0.642. The molecule has 2 heteroatoms. The molecule has 2 nitrogen and oxygen atoms in total. The van der Waals surface area contributed by atoms with Crippen LogP contribution in [0.4, 0.5) is 0 Å². The van der Waals surface area contributed by atoms with Gasteiger partial charge >= 0.3 is 0 Å². The minimum atomic E-state index is 0.711. The number of para-hydroxylation sites is 1. The fourth-order valence-corrected chi connectivity index (χ4v) is 4.51. The predicted molar refractivity (Wildman–Crippen MR) is 107 cm³/mol. The van der Waals surface area contributed by atoms with Gasteiger partial charge in [0.25, 0.3) is 0 Å². The molecule has 1 aromatic heterocycles. The Kier molecular flexibility index (Phi) is 4.39. The molecule has 1 aliphatic rings. The second kappa shape index (κ2) is 6.68. The Morgan fingerprint density at radius 2 is 1.88 bits per heavy atom. The molecule has 1 atom stereocenters. The summed E-state index contributed by atoms with van der Waals surface area (Å²) in [4.78, 5) is 2.61. The number of likely N-dealkylation sites (N-methyl/N-ethyl adjacent to an activating group) is 1. The number of hydrogen-bond acceptors (Lipinski definition) is 1. The lowest BCUT2D eigenvalue weighted by atomic mass is 9.87. The van der Waals surface area contributed by atoms with Crippen LogP contribution in [0.2, 0.25) is 0 Å². The Bertz CT molecular complexity index is 886. The Hall–Kier alpha value is -2.06. The molecule has 3 aromatic rings. The summed E-state index contributed by atoms with van der Waals surface area (Å²) in [6.07, 6.45) is 5.88. The standard InChI is InChI=1S/C23H28N2/c1-4-24(5-2)21-11-9-20-16-22(12-10-19(20)15-21)25-14-13-18-8-6-7-17(3)23(18)25/h6-8,10,12-14,16,21H,4-5,9,11,15H2,1-3H3. The number of aromatic nitrogens is 1. The van der Waals surface area contributed by atoms with E-state index in [0.717, 1.165) is 13.1 Å². The first-order chi connectivity index (χ1) is 12.2. The van der Waals surface area contributed by atoms with Crippen molar-refractivity contribution >= 4 is 10.9 Å². The maximum atomic E-state index is 2.61. The van der Waals surface area contributed by atoms with Gasteiger partial charge in [-0.2, -0.15) is 0 Å². The van der Waals surface area contributed by atoms with Gasteiger partial charge in [-0.05, 0) is 74.2 Å². The fourth-order valence-electron chi connectivity index (χ4n) is 4.51. The summed E-state index contributed by atoms with van der Waals surface area (Å²) in [5.41, 5.74) is 7.04. The monoisotopic (exact) mass is 332 g/mol. The van der Waals surface area contributed by atoms with E-state index in [1.807, 2.05) is 0 Å². The van der Waals surface area contributed by atoms with Crippen molar-refractivity contribution in [2.24, 2.45) is 0 Å². The molecular weight excluding hydrogens is 304 g/mol. The smallest absolute Gasteiger partial charge is 0.0557 e. The zero-order valence-corrected chi connectivity index (χ0v) is 15.6. The van der Waals surface area contributed by atoms with E-state index in [0.29, 0.717) is 6.04 Å². The molecule has 25 heavy (non-hydrogen) atoms. The molecule has 4 rings (SSSR count). The van der Waals surface area contributed by atoms with Gasteiger partial charge in [0.15, 0.2) is 0 Å². The molecule has 1 heterocycles. The summed E-state index contributed by atoms with van der Waals surface area (Å²) in [5.74, 6) is 0.